The normalized spacial score (nSPS) is 12.4. The van der Waals surface area contributed by atoms with Crippen LogP contribution in [-0.4, -0.2) is 42.4 Å². The molecule has 0 aliphatic carbocycles. The van der Waals surface area contributed by atoms with Crippen LogP contribution in [0.3, 0.4) is 0 Å². The summed E-state index contributed by atoms with van der Waals surface area (Å²) in [4.78, 5) is 0. The molecule has 1 aromatic rings. The van der Waals surface area contributed by atoms with Gasteiger partial charge in [0.1, 0.15) is 11.5 Å². The lowest BCUT2D eigenvalue weighted by atomic mass is 10.1. The summed E-state index contributed by atoms with van der Waals surface area (Å²) >= 11 is -1.37. The molecule has 0 saturated carbocycles. The molecule has 0 radical (unpaired) electrons. The Labute approximate surface area is 123 Å². The largest absolute Gasteiger partial charge is 0.497 e. The fourth-order valence-corrected chi connectivity index (χ4v) is 2.55. The van der Waals surface area contributed by atoms with E-state index < -0.39 is 11.3 Å². The minimum Gasteiger partial charge on any atom is -0.497 e. The Balaban J connectivity index is 2.55. The lowest BCUT2D eigenvalue weighted by molar-refractivity contribution is 0.311. The second-order valence-corrected chi connectivity index (χ2v) is 5.31. The summed E-state index contributed by atoms with van der Waals surface area (Å²) in [6.45, 7) is 5.71. The summed E-state index contributed by atoms with van der Waals surface area (Å²) in [5, 5.41) is 0. The fourth-order valence-electron chi connectivity index (χ4n) is 1.75. The average Bonchev–Trinajstić information content (AvgIpc) is 2.48. The van der Waals surface area contributed by atoms with Crippen LogP contribution in [0.1, 0.15) is 19.4 Å². The molecule has 114 valence electrons. The maximum Gasteiger partial charge on any atom is 0.237 e. The molecule has 0 bridgehead atoms. The number of hydrogen-bond acceptors (Lipinski definition) is 4. The van der Waals surface area contributed by atoms with Gasteiger partial charge in [0.2, 0.25) is 11.3 Å². The van der Waals surface area contributed by atoms with Crippen molar-refractivity contribution in [2.45, 2.75) is 20.3 Å². The van der Waals surface area contributed by atoms with Crippen molar-refractivity contribution in [2.75, 3.05) is 33.9 Å². The third kappa shape index (κ3) is 5.11. The highest BCUT2D eigenvalue weighted by Gasteiger charge is 2.09. The van der Waals surface area contributed by atoms with E-state index in [-0.39, 0.29) is 0 Å². The van der Waals surface area contributed by atoms with Gasteiger partial charge in [-0.05, 0) is 24.1 Å². The zero-order valence-electron chi connectivity index (χ0n) is 12.5. The summed E-state index contributed by atoms with van der Waals surface area (Å²) in [7, 11) is 3.23. The molecule has 1 rings (SSSR count). The molecule has 0 saturated heterocycles. The van der Waals surface area contributed by atoms with E-state index in [4.69, 9.17) is 13.7 Å². The first-order valence-corrected chi connectivity index (χ1v) is 7.69. The first-order valence-electron chi connectivity index (χ1n) is 6.66. The summed E-state index contributed by atoms with van der Waals surface area (Å²) in [6, 6.07) is 5.66. The number of nitrogens with zero attached hydrogens (tertiary/aromatic N) is 1. The van der Waals surface area contributed by atoms with Gasteiger partial charge in [-0.2, -0.15) is 0 Å². The predicted molar refractivity (Wildman–Crippen MR) is 80.3 cm³/mol. The number of methoxy groups -OCH3 is 2. The van der Waals surface area contributed by atoms with Gasteiger partial charge in [-0.25, -0.2) is 8.51 Å². The van der Waals surface area contributed by atoms with Crippen molar-refractivity contribution in [3.8, 4) is 11.5 Å². The Morgan fingerprint density at radius 2 is 1.60 bits per heavy atom. The van der Waals surface area contributed by atoms with Crippen LogP contribution in [-0.2, 0) is 21.9 Å². The lowest BCUT2D eigenvalue weighted by Gasteiger charge is -2.16. The van der Waals surface area contributed by atoms with Crippen LogP contribution in [0.25, 0.3) is 0 Å². The van der Waals surface area contributed by atoms with Gasteiger partial charge in [-0.3, -0.25) is 4.18 Å². The van der Waals surface area contributed by atoms with Crippen molar-refractivity contribution < 1.29 is 17.9 Å². The topological polar surface area (TPSA) is 48.0 Å². The van der Waals surface area contributed by atoms with E-state index in [0.29, 0.717) is 26.1 Å². The molecule has 0 amide bonds. The molecular formula is C14H23NO4S. The van der Waals surface area contributed by atoms with Crippen molar-refractivity contribution in [2.24, 2.45) is 0 Å². The SMILES string of the molecule is CCN(CC)S(=O)OCCc1cc(OC)cc(OC)c1. The fraction of sp³-hybridized carbons (Fsp3) is 0.571. The van der Waals surface area contributed by atoms with E-state index in [1.54, 1.807) is 18.5 Å². The molecule has 0 N–H and O–H groups in total. The molecular weight excluding hydrogens is 278 g/mol. The molecule has 1 unspecified atom stereocenters. The van der Waals surface area contributed by atoms with E-state index in [0.717, 1.165) is 17.1 Å². The van der Waals surface area contributed by atoms with Gasteiger partial charge in [0.15, 0.2) is 0 Å². The van der Waals surface area contributed by atoms with Gasteiger partial charge in [0, 0.05) is 19.2 Å². The molecule has 1 atom stereocenters. The minimum atomic E-state index is -1.37. The van der Waals surface area contributed by atoms with E-state index in [9.17, 15) is 4.21 Å². The molecule has 0 spiro atoms. The van der Waals surface area contributed by atoms with Crippen LogP contribution in [0, 0.1) is 0 Å². The Morgan fingerprint density at radius 3 is 2.05 bits per heavy atom. The van der Waals surface area contributed by atoms with E-state index in [1.807, 2.05) is 32.0 Å². The Bertz CT molecular complexity index is 413. The highest BCUT2D eigenvalue weighted by molar-refractivity contribution is 7.77. The first-order chi connectivity index (χ1) is 9.64. The van der Waals surface area contributed by atoms with Crippen LogP contribution < -0.4 is 9.47 Å². The summed E-state index contributed by atoms with van der Waals surface area (Å²) in [5.74, 6) is 1.48. The third-order valence-corrected chi connectivity index (χ3v) is 4.21. The smallest absolute Gasteiger partial charge is 0.237 e. The van der Waals surface area contributed by atoms with Crippen LogP contribution in [0.5, 0.6) is 11.5 Å². The quantitative estimate of drug-likeness (QED) is 0.701. The van der Waals surface area contributed by atoms with Crippen molar-refractivity contribution in [3.05, 3.63) is 23.8 Å². The molecule has 0 aromatic heterocycles. The van der Waals surface area contributed by atoms with E-state index in [1.165, 1.54) is 0 Å². The minimum absolute atomic E-state index is 0.388. The standard InChI is InChI=1S/C14H23NO4S/c1-5-15(6-2)20(16)19-8-7-12-9-13(17-3)11-14(10-12)18-4/h9-11H,5-8H2,1-4H3. The predicted octanol–water partition coefficient (Wildman–Crippen LogP) is 2.18. The monoisotopic (exact) mass is 301 g/mol. The Kier molecular flexibility index (Phi) is 7.58. The Morgan fingerprint density at radius 1 is 1.05 bits per heavy atom. The maximum absolute atomic E-state index is 11.8. The molecule has 0 aliphatic rings. The van der Waals surface area contributed by atoms with Crippen LogP contribution in [0.15, 0.2) is 18.2 Å². The summed E-state index contributed by atoms with van der Waals surface area (Å²) in [6.07, 6.45) is 0.653. The lowest BCUT2D eigenvalue weighted by Crippen LogP contribution is -2.27. The first kappa shape index (κ1) is 16.9. The molecule has 1 aromatic carbocycles. The Hall–Kier alpha value is -1.11. The molecule has 5 nitrogen and oxygen atoms in total. The zero-order valence-corrected chi connectivity index (χ0v) is 13.4. The van der Waals surface area contributed by atoms with Crippen molar-refractivity contribution in [1.29, 1.82) is 0 Å². The van der Waals surface area contributed by atoms with Crippen LogP contribution in [0.4, 0.5) is 0 Å². The molecule has 0 fully saturated rings. The number of hydrogen-bond donors (Lipinski definition) is 0. The van der Waals surface area contributed by atoms with Crippen molar-refractivity contribution in [1.82, 2.24) is 4.31 Å². The average molecular weight is 301 g/mol. The number of rotatable bonds is 9. The van der Waals surface area contributed by atoms with Gasteiger partial charge in [0.05, 0.1) is 20.8 Å². The van der Waals surface area contributed by atoms with Crippen LogP contribution in [0.2, 0.25) is 0 Å². The molecule has 0 aliphatic heterocycles. The highest BCUT2D eigenvalue weighted by atomic mass is 32.2. The van der Waals surface area contributed by atoms with E-state index in [2.05, 4.69) is 0 Å². The zero-order chi connectivity index (χ0) is 15.0. The van der Waals surface area contributed by atoms with Gasteiger partial charge in [-0.15, -0.1) is 0 Å². The summed E-state index contributed by atoms with van der Waals surface area (Å²) in [5.41, 5.74) is 1.03. The van der Waals surface area contributed by atoms with Gasteiger partial charge < -0.3 is 9.47 Å². The third-order valence-electron chi connectivity index (χ3n) is 2.90. The van der Waals surface area contributed by atoms with Gasteiger partial charge >= 0.3 is 0 Å². The molecule has 6 heteroatoms. The van der Waals surface area contributed by atoms with Gasteiger partial charge in [0.25, 0.3) is 0 Å². The van der Waals surface area contributed by atoms with Crippen molar-refractivity contribution in [3.63, 3.8) is 0 Å². The maximum atomic E-state index is 11.8. The summed E-state index contributed by atoms with van der Waals surface area (Å²) < 4.78 is 29.3. The second kappa shape index (κ2) is 8.94. The second-order valence-electron chi connectivity index (χ2n) is 4.12. The molecule has 0 heterocycles. The number of ether oxygens (including phenoxy) is 2. The van der Waals surface area contributed by atoms with Crippen molar-refractivity contribution >= 4 is 11.3 Å². The van der Waals surface area contributed by atoms with Crippen LogP contribution >= 0.6 is 0 Å². The molecule has 20 heavy (non-hydrogen) atoms. The number of benzene rings is 1. The highest BCUT2D eigenvalue weighted by Crippen LogP contribution is 2.22. The van der Waals surface area contributed by atoms with Gasteiger partial charge in [-0.1, -0.05) is 13.8 Å². The van der Waals surface area contributed by atoms with E-state index >= 15 is 0 Å².